The lowest BCUT2D eigenvalue weighted by atomic mass is 10.0. The van der Waals surface area contributed by atoms with Gasteiger partial charge in [0.15, 0.2) is 12.2 Å². The van der Waals surface area contributed by atoms with Gasteiger partial charge in [-0.25, -0.2) is 18.4 Å². The van der Waals surface area contributed by atoms with Crippen molar-refractivity contribution in [2.75, 3.05) is 11.0 Å². The lowest BCUT2D eigenvalue weighted by molar-refractivity contribution is 0.0953. The number of anilines is 1. The van der Waals surface area contributed by atoms with Gasteiger partial charge in [-0.05, 0) is 17.7 Å². The van der Waals surface area contributed by atoms with E-state index in [1.54, 1.807) is 24.4 Å². The number of sulfonamides is 1. The molecule has 8 nitrogen and oxygen atoms in total. The van der Waals surface area contributed by atoms with Crippen LogP contribution in [0.3, 0.4) is 0 Å². The molecule has 0 aliphatic heterocycles. The Bertz CT molecular complexity index is 1650. The number of oxazole rings is 1. The van der Waals surface area contributed by atoms with Crippen molar-refractivity contribution in [2.45, 2.75) is 6.54 Å². The Balaban J connectivity index is 1.58. The second-order valence-corrected chi connectivity index (χ2v) is 9.97. The molecule has 2 aromatic heterocycles. The number of nitrogens with zero attached hydrogens (tertiary/aromatic N) is 2. The van der Waals surface area contributed by atoms with Crippen LogP contribution in [0.4, 0.5) is 5.69 Å². The monoisotopic (exact) mass is 498 g/mol. The van der Waals surface area contributed by atoms with Crippen molar-refractivity contribution in [1.82, 2.24) is 15.3 Å². The number of benzene rings is 3. The van der Waals surface area contributed by atoms with Crippen LogP contribution in [0.2, 0.25) is 0 Å². The molecule has 180 valence electrons. The predicted octanol–water partition coefficient (Wildman–Crippen LogP) is 4.86. The quantitative estimate of drug-likeness (QED) is 0.331. The average molecular weight is 499 g/mol. The van der Waals surface area contributed by atoms with Crippen molar-refractivity contribution in [3.63, 3.8) is 0 Å². The van der Waals surface area contributed by atoms with Gasteiger partial charge in [-0.1, -0.05) is 66.7 Å². The zero-order valence-electron chi connectivity index (χ0n) is 19.3. The summed E-state index contributed by atoms with van der Waals surface area (Å²) in [4.78, 5) is 22.3. The molecule has 0 spiro atoms. The summed E-state index contributed by atoms with van der Waals surface area (Å²) in [6.07, 6.45) is 4.03. The number of nitrogens with one attached hydrogen (secondary N) is 2. The van der Waals surface area contributed by atoms with Crippen LogP contribution in [0.25, 0.3) is 33.5 Å². The molecule has 0 saturated carbocycles. The highest BCUT2D eigenvalue weighted by Gasteiger charge is 2.23. The third-order valence-corrected chi connectivity index (χ3v) is 6.13. The minimum absolute atomic E-state index is 0.135. The Morgan fingerprint density at radius 1 is 0.944 bits per heavy atom. The second kappa shape index (κ2) is 9.63. The largest absolute Gasteiger partial charge is 0.444 e. The molecule has 0 aliphatic rings. The number of aromatic nitrogens is 2. The Labute approximate surface area is 208 Å². The number of pyridine rings is 1. The van der Waals surface area contributed by atoms with Crippen molar-refractivity contribution < 1.29 is 17.6 Å². The molecule has 1 amide bonds. The lowest BCUT2D eigenvalue weighted by Gasteiger charge is -2.18. The molecule has 3 aromatic carbocycles. The van der Waals surface area contributed by atoms with Crippen molar-refractivity contribution in [3.05, 3.63) is 103 Å². The highest BCUT2D eigenvalue weighted by molar-refractivity contribution is 7.92. The van der Waals surface area contributed by atoms with E-state index in [1.807, 2.05) is 60.7 Å². The Hall–Kier alpha value is -4.50. The number of para-hydroxylation sites is 1. The SMILES string of the molecule is CS(=O)(=O)Nc1c(-c2ccccc2)nc2ccccc2c1C(=O)NCc1cccc(-c2cnco2)c1. The van der Waals surface area contributed by atoms with Crippen LogP contribution in [0.15, 0.2) is 95.9 Å². The second-order valence-electron chi connectivity index (χ2n) is 8.22. The first-order valence-electron chi connectivity index (χ1n) is 11.1. The molecule has 0 aliphatic carbocycles. The molecule has 0 bridgehead atoms. The van der Waals surface area contributed by atoms with Crippen LogP contribution >= 0.6 is 0 Å². The van der Waals surface area contributed by atoms with Gasteiger partial charge in [-0.3, -0.25) is 9.52 Å². The maximum absolute atomic E-state index is 13.6. The van der Waals surface area contributed by atoms with E-state index in [-0.39, 0.29) is 17.8 Å². The number of hydrogen-bond donors (Lipinski definition) is 2. The fourth-order valence-electron chi connectivity index (χ4n) is 4.00. The van der Waals surface area contributed by atoms with Gasteiger partial charge in [0.1, 0.15) is 0 Å². The summed E-state index contributed by atoms with van der Waals surface area (Å²) >= 11 is 0. The molecule has 0 atom stereocenters. The van der Waals surface area contributed by atoms with E-state index in [0.29, 0.717) is 27.9 Å². The third-order valence-electron chi connectivity index (χ3n) is 5.55. The number of hydrogen-bond acceptors (Lipinski definition) is 6. The number of rotatable bonds is 7. The van der Waals surface area contributed by atoms with Crippen molar-refractivity contribution in [1.29, 1.82) is 0 Å². The van der Waals surface area contributed by atoms with E-state index >= 15 is 0 Å². The molecular formula is C27H22N4O4S. The minimum Gasteiger partial charge on any atom is -0.444 e. The van der Waals surface area contributed by atoms with Gasteiger partial charge in [-0.2, -0.15) is 0 Å². The Kier molecular flexibility index (Phi) is 6.22. The molecular weight excluding hydrogens is 476 g/mol. The van der Waals surface area contributed by atoms with Crippen LogP contribution in [0.1, 0.15) is 15.9 Å². The highest BCUT2D eigenvalue weighted by Crippen LogP contribution is 2.35. The smallest absolute Gasteiger partial charge is 0.254 e. The number of amides is 1. The van der Waals surface area contributed by atoms with Crippen LogP contribution < -0.4 is 10.0 Å². The van der Waals surface area contributed by atoms with E-state index in [4.69, 9.17) is 9.40 Å². The van der Waals surface area contributed by atoms with Crippen molar-refractivity contribution >= 4 is 32.5 Å². The molecule has 2 heterocycles. The molecule has 36 heavy (non-hydrogen) atoms. The first kappa shape index (κ1) is 23.3. The van der Waals surface area contributed by atoms with Gasteiger partial charge in [0.05, 0.1) is 34.9 Å². The van der Waals surface area contributed by atoms with Gasteiger partial charge >= 0.3 is 0 Å². The summed E-state index contributed by atoms with van der Waals surface area (Å²) < 4.78 is 32.6. The zero-order valence-corrected chi connectivity index (χ0v) is 20.1. The summed E-state index contributed by atoms with van der Waals surface area (Å²) in [5.74, 6) is 0.192. The standard InChI is InChI=1S/C27H22N4O4S/c1-36(33,34)31-26-24(21-12-5-6-13-22(21)30-25(26)19-9-3-2-4-10-19)27(32)29-15-18-8-7-11-20(14-18)23-16-28-17-35-23/h2-14,16-17,31H,15H2,1H3,(H,29,32). The molecule has 0 unspecified atom stereocenters. The number of carbonyl (C=O) groups is 1. The van der Waals surface area contributed by atoms with Gasteiger partial charge in [-0.15, -0.1) is 0 Å². The van der Waals surface area contributed by atoms with Crippen LogP contribution in [0.5, 0.6) is 0 Å². The number of carbonyl (C=O) groups excluding carboxylic acids is 1. The maximum atomic E-state index is 13.6. The number of fused-ring (bicyclic) bond motifs is 1. The van der Waals surface area contributed by atoms with Crippen LogP contribution in [0, 0.1) is 0 Å². The molecule has 0 saturated heterocycles. The van der Waals surface area contributed by atoms with E-state index in [0.717, 1.165) is 17.4 Å². The fourth-order valence-corrected chi connectivity index (χ4v) is 4.57. The molecule has 0 radical (unpaired) electrons. The Morgan fingerprint density at radius 2 is 1.69 bits per heavy atom. The fraction of sp³-hybridized carbons (Fsp3) is 0.0741. The summed E-state index contributed by atoms with van der Waals surface area (Å²) in [6, 6.07) is 23.9. The molecule has 0 fully saturated rings. The Morgan fingerprint density at radius 3 is 2.44 bits per heavy atom. The van der Waals surface area contributed by atoms with E-state index in [9.17, 15) is 13.2 Å². The van der Waals surface area contributed by atoms with Crippen molar-refractivity contribution in [3.8, 4) is 22.6 Å². The third kappa shape index (κ3) is 4.96. The predicted molar refractivity (Wildman–Crippen MR) is 139 cm³/mol. The maximum Gasteiger partial charge on any atom is 0.254 e. The van der Waals surface area contributed by atoms with Gasteiger partial charge in [0.25, 0.3) is 5.91 Å². The molecule has 9 heteroatoms. The van der Waals surface area contributed by atoms with E-state index in [2.05, 4.69) is 15.0 Å². The lowest BCUT2D eigenvalue weighted by Crippen LogP contribution is -2.26. The first-order valence-corrected chi connectivity index (χ1v) is 13.0. The highest BCUT2D eigenvalue weighted by atomic mass is 32.2. The zero-order chi connectivity index (χ0) is 25.1. The average Bonchev–Trinajstić information content (AvgIpc) is 3.42. The van der Waals surface area contributed by atoms with Gasteiger partial charge < -0.3 is 9.73 Å². The minimum atomic E-state index is -3.72. The first-order chi connectivity index (χ1) is 17.4. The summed E-state index contributed by atoms with van der Waals surface area (Å²) in [6.45, 7) is 0.219. The normalized spacial score (nSPS) is 11.4. The topological polar surface area (TPSA) is 114 Å². The molecule has 5 aromatic rings. The van der Waals surface area contributed by atoms with Crippen LogP contribution in [-0.2, 0) is 16.6 Å². The summed E-state index contributed by atoms with van der Waals surface area (Å²) in [5.41, 5.74) is 3.65. The van der Waals surface area contributed by atoms with E-state index in [1.165, 1.54) is 6.39 Å². The van der Waals surface area contributed by atoms with Crippen LogP contribution in [-0.4, -0.2) is 30.5 Å². The van der Waals surface area contributed by atoms with Crippen molar-refractivity contribution in [2.24, 2.45) is 0 Å². The van der Waals surface area contributed by atoms with Gasteiger partial charge in [0.2, 0.25) is 10.0 Å². The summed E-state index contributed by atoms with van der Waals surface area (Å²) in [5, 5.41) is 3.48. The molecule has 5 rings (SSSR count). The summed E-state index contributed by atoms with van der Waals surface area (Å²) in [7, 11) is -3.72. The van der Waals surface area contributed by atoms with Gasteiger partial charge in [0, 0.05) is 23.1 Å². The van der Waals surface area contributed by atoms with E-state index < -0.39 is 15.9 Å². The molecule has 2 N–H and O–H groups in total.